The van der Waals surface area contributed by atoms with E-state index in [1.54, 1.807) is 24.7 Å². The number of likely N-dealkylation sites (tertiary alicyclic amines) is 1. The van der Waals surface area contributed by atoms with E-state index >= 15 is 0 Å². The molecule has 0 saturated carbocycles. The minimum atomic E-state index is -1.18. The lowest BCUT2D eigenvalue weighted by atomic mass is 9.92. The van der Waals surface area contributed by atoms with Crippen LogP contribution < -0.4 is 15.8 Å². The first-order chi connectivity index (χ1) is 23.2. The van der Waals surface area contributed by atoms with Crippen LogP contribution in [0.3, 0.4) is 0 Å². The highest BCUT2D eigenvalue weighted by atomic mass is 19.1. The Bertz CT molecular complexity index is 1980. The van der Waals surface area contributed by atoms with E-state index in [4.69, 9.17) is 14.0 Å². The number of aromatic nitrogens is 2. The number of ether oxygens (including phenoxy) is 1. The third-order valence-electron chi connectivity index (χ3n) is 9.33. The average molecular weight is 658 g/mol. The Balaban J connectivity index is 1.17. The molecule has 4 aromatic rings. The van der Waals surface area contributed by atoms with Crippen molar-refractivity contribution in [1.82, 2.24) is 20.3 Å². The van der Waals surface area contributed by atoms with Gasteiger partial charge < -0.3 is 23.9 Å². The van der Waals surface area contributed by atoms with Crippen molar-refractivity contribution >= 4 is 28.7 Å². The second-order valence-corrected chi connectivity index (χ2v) is 12.9. The van der Waals surface area contributed by atoms with Crippen molar-refractivity contribution in [2.75, 3.05) is 13.7 Å². The Hall–Kier alpha value is -4.68. The maximum atomic E-state index is 14.7. The van der Waals surface area contributed by atoms with Crippen molar-refractivity contribution in [3.05, 3.63) is 76.2 Å². The molecular formula is C36H37F2N5O5. The molecule has 48 heavy (non-hydrogen) atoms. The van der Waals surface area contributed by atoms with E-state index in [0.29, 0.717) is 52.4 Å². The molecule has 2 aromatic carbocycles. The summed E-state index contributed by atoms with van der Waals surface area (Å²) < 4.78 is 41.1. The summed E-state index contributed by atoms with van der Waals surface area (Å²) in [7, 11) is 1.45. The zero-order valence-electron chi connectivity index (χ0n) is 27.0. The monoisotopic (exact) mass is 657 g/mol. The molecule has 2 N–H and O–H groups in total. The number of H-pyrrole nitrogens is 1. The molecule has 4 atom stereocenters. The number of rotatable bonds is 7. The number of alkyl halides is 2. The maximum absolute atomic E-state index is 14.7. The van der Waals surface area contributed by atoms with Gasteiger partial charge >= 0.3 is 5.63 Å². The first-order valence-corrected chi connectivity index (χ1v) is 16.2. The molecule has 2 aromatic heterocycles. The number of hydrogen-bond acceptors (Lipinski definition) is 8. The van der Waals surface area contributed by atoms with Crippen molar-refractivity contribution in [1.29, 1.82) is 0 Å². The maximum Gasteiger partial charge on any atom is 0.344 e. The number of hydrogen-bond donors (Lipinski definition) is 2. The molecule has 0 bridgehead atoms. The van der Waals surface area contributed by atoms with Gasteiger partial charge in [-0.3, -0.25) is 9.79 Å². The summed E-state index contributed by atoms with van der Waals surface area (Å²) in [4.78, 5) is 45.5. The predicted molar refractivity (Wildman–Crippen MR) is 178 cm³/mol. The zero-order chi connectivity index (χ0) is 33.5. The molecule has 10 nitrogen and oxygen atoms in total. The van der Waals surface area contributed by atoms with Crippen molar-refractivity contribution in [2.45, 2.75) is 70.6 Å². The summed E-state index contributed by atoms with van der Waals surface area (Å²) in [6.45, 7) is 3.92. The van der Waals surface area contributed by atoms with Gasteiger partial charge in [0.25, 0.3) is 0 Å². The highest BCUT2D eigenvalue weighted by Crippen LogP contribution is 2.41. The largest absolute Gasteiger partial charge is 0.488 e. The van der Waals surface area contributed by atoms with Gasteiger partial charge in [0.05, 0.1) is 37.2 Å². The first kappa shape index (κ1) is 31.9. The lowest BCUT2D eigenvalue weighted by Gasteiger charge is -2.29. The van der Waals surface area contributed by atoms with Gasteiger partial charge in [-0.05, 0) is 48.1 Å². The summed E-state index contributed by atoms with van der Waals surface area (Å²) in [5.74, 6) is 0.668. The van der Waals surface area contributed by atoms with E-state index in [2.05, 4.69) is 20.4 Å². The Morgan fingerprint density at radius 2 is 1.98 bits per heavy atom. The van der Waals surface area contributed by atoms with Crippen molar-refractivity contribution in [3.63, 3.8) is 0 Å². The first-order valence-electron chi connectivity index (χ1n) is 16.2. The normalized spacial score (nSPS) is 21.3. The van der Waals surface area contributed by atoms with E-state index < -0.39 is 30.1 Å². The van der Waals surface area contributed by atoms with E-state index in [9.17, 15) is 18.4 Å². The molecule has 0 unspecified atom stereocenters. The molecule has 7 rings (SSSR count). The van der Waals surface area contributed by atoms with Crippen molar-refractivity contribution in [3.8, 4) is 28.1 Å². The smallest absolute Gasteiger partial charge is 0.344 e. The third kappa shape index (κ3) is 5.94. The molecule has 1 amide bonds. The van der Waals surface area contributed by atoms with Crippen LogP contribution in [0, 0.1) is 5.92 Å². The number of nitrogens with zero attached hydrogens (tertiary/aromatic N) is 3. The highest BCUT2D eigenvalue weighted by Gasteiger charge is 2.41. The number of carbonyl (C=O) groups excluding carboxylic acids is 1. The molecule has 1 saturated heterocycles. The Morgan fingerprint density at radius 3 is 2.79 bits per heavy atom. The van der Waals surface area contributed by atoms with Crippen LogP contribution in [-0.4, -0.2) is 59.0 Å². The fraction of sp³-hybridized carbons (Fsp3) is 0.389. The second-order valence-electron chi connectivity index (χ2n) is 12.9. The van der Waals surface area contributed by atoms with Gasteiger partial charge in [0.1, 0.15) is 42.1 Å². The number of allylic oxidation sites excluding steroid dienone is 1. The van der Waals surface area contributed by atoms with Crippen LogP contribution in [0.5, 0.6) is 5.75 Å². The van der Waals surface area contributed by atoms with Gasteiger partial charge in [0.15, 0.2) is 0 Å². The third-order valence-corrected chi connectivity index (χ3v) is 9.33. The lowest BCUT2D eigenvalue weighted by molar-refractivity contribution is -0.140. The molecule has 5 heterocycles. The van der Waals surface area contributed by atoms with Crippen LogP contribution in [0.1, 0.15) is 62.5 Å². The van der Waals surface area contributed by atoms with Gasteiger partial charge in [0, 0.05) is 47.3 Å². The topological polar surface area (TPSA) is 122 Å². The minimum Gasteiger partial charge on any atom is -0.488 e. The van der Waals surface area contributed by atoms with E-state index in [1.807, 2.05) is 44.2 Å². The fourth-order valence-electron chi connectivity index (χ4n) is 6.83. The molecule has 250 valence electrons. The number of nitrogens with one attached hydrogen (secondary N) is 2. The van der Waals surface area contributed by atoms with Crippen molar-refractivity contribution in [2.24, 2.45) is 10.9 Å². The molecule has 1 fully saturated rings. The average Bonchev–Trinajstić information content (AvgIpc) is 3.71. The van der Waals surface area contributed by atoms with Gasteiger partial charge in [-0.2, -0.15) is 5.48 Å². The number of imidazole rings is 1. The quantitative estimate of drug-likeness (QED) is 0.173. The zero-order valence-corrected chi connectivity index (χ0v) is 27.0. The SMILES string of the molecule is CON[C@H](C(=O)N1C[C@H](F)C[C@H]1c1ncc(-c2ccc3c4c(c(=O)oc3c2)-c2ccc(C3=CN=CCC[C@@H](F)C3)cc2OC4)[nH]1)C(C)C. The Kier molecular flexibility index (Phi) is 8.69. The van der Waals surface area contributed by atoms with Gasteiger partial charge in [0.2, 0.25) is 5.91 Å². The van der Waals surface area contributed by atoms with Gasteiger partial charge in [-0.15, -0.1) is 0 Å². The van der Waals surface area contributed by atoms with Crippen molar-refractivity contribution < 1.29 is 27.6 Å². The standard InChI is InChI=1S/C36H37F2N5O5/c1-19(2)33(42-46-3)35(44)43-17-24(38)14-29(43)34-40-16-28(41-34)21-7-8-25-27-18-47-30-12-20(22-11-23(37)5-4-10-39-15-22)6-9-26(30)32(27)36(45)48-31(25)13-21/h6-10,12-13,15-16,19,23-24,29,33,42H,4-5,11,14,17-18H2,1-3H3,(H,40,41)/t23-,24-,29+,33+/m1/s1. The summed E-state index contributed by atoms with van der Waals surface area (Å²) in [5.41, 5.74) is 7.32. The number of amides is 1. The number of carbonyl (C=O) groups is 1. The molecular weight excluding hydrogens is 620 g/mol. The van der Waals surface area contributed by atoms with E-state index in [-0.39, 0.29) is 37.8 Å². The van der Waals surface area contributed by atoms with Gasteiger partial charge in [-0.25, -0.2) is 18.6 Å². The number of aromatic amines is 1. The van der Waals surface area contributed by atoms with Crippen LogP contribution in [-0.2, 0) is 16.2 Å². The highest BCUT2D eigenvalue weighted by molar-refractivity contribution is 5.91. The molecule has 12 heteroatoms. The Labute approximate surface area is 275 Å². The molecule has 0 spiro atoms. The molecule has 3 aliphatic rings. The fourth-order valence-corrected chi connectivity index (χ4v) is 6.83. The van der Waals surface area contributed by atoms with Crippen LogP contribution in [0.25, 0.3) is 38.9 Å². The summed E-state index contributed by atoms with van der Waals surface area (Å²) in [6.07, 6.45) is 4.33. The van der Waals surface area contributed by atoms with Crippen LogP contribution in [0.2, 0.25) is 0 Å². The number of benzene rings is 2. The predicted octanol–water partition coefficient (Wildman–Crippen LogP) is 6.46. The Morgan fingerprint density at radius 1 is 1.15 bits per heavy atom. The summed E-state index contributed by atoms with van der Waals surface area (Å²) in [6, 6.07) is 9.83. The van der Waals surface area contributed by atoms with E-state index in [0.717, 1.165) is 22.1 Å². The number of aliphatic imine (C=N–C) groups is 1. The number of fused-ring (bicyclic) bond motifs is 5. The number of halogens is 2. The summed E-state index contributed by atoms with van der Waals surface area (Å²) in [5, 5.41) is 0.735. The second kappa shape index (κ2) is 13.1. The molecule has 0 radical (unpaired) electrons. The lowest BCUT2D eigenvalue weighted by Crippen LogP contribution is -2.49. The van der Waals surface area contributed by atoms with Crippen LogP contribution in [0.15, 0.2) is 63.0 Å². The van der Waals surface area contributed by atoms with Gasteiger partial charge in [-0.1, -0.05) is 32.0 Å². The number of hydroxylamine groups is 1. The summed E-state index contributed by atoms with van der Waals surface area (Å²) >= 11 is 0. The van der Waals surface area contributed by atoms with Crippen LogP contribution >= 0.6 is 0 Å². The van der Waals surface area contributed by atoms with Crippen LogP contribution in [0.4, 0.5) is 8.78 Å². The molecule has 0 aliphatic carbocycles. The molecule has 3 aliphatic heterocycles. The minimum absolute atomic E-state index is 0.0304. The van der Waals surface area contributed by atoms with E-state index in [1.165, 1.54) is 12.0 Å².